The van der Waals surface area contributed by atoms with Gasteiger partial charge in [-0.2, -0.15) is 0 Å². The van der Waals surface area contributed by atoms with Crippen LogP contribution in [-0.2, 0) is 4.79 Å². The van der Waals surface area contributed by atoms with Crippen LogP contribution in [0.5, 0.6) is 0 Å². The summed E-state index contributed by atoms with van der Waals surface area (Å²) < 4.78 is 0. The summed E-state index contributed by atoms with van der Waals surface area (Å²) in [4.78, 5) is 11.2. The van der Waals surface area contributed by atoms with Crippen LogP contribution in [-0.4, -0.2) is 23.2 Å². The lowest BCUT2D eigenvalue weighted by atomic mass is 9.94. The Morgan fingerprint density at radius 1 is 1.47 bits per heavy atom. The quantitative estimate of drug-likeness (QED) is 0.609. The van der Waals surface area contributed by atoms with E-state index in [1.165, 1.54) is 12.8 Å². The van der Waals surface area contributed by atoms with Crippen molar-refractivity contribution in [2.45, 2.75) is 57.9 Å². The molecule has 2 N–H and O–H groups in total. The van der Waals surface area contributed by atoms with Gasteiger partial charge < -0.3 is 10.4 Å². The molecule has 0 radical (unpaired) electrons. The lowest BCUT2D eigenvalue weighted by Gasteiger charge is -2.26. The molecule has 1 rings (SSSR count). The van der Waals surface area contributed by atoms with Crippen molar-refractivity contribution in [1.29, 1.82) is 0 Å². The molecule has 1 unspecified atom stereocenters. The van der Waals surface area contributed by atoms with E-state index in [2.05, 4.69) is 12.2 Å². The van der Waals surface area contributed by atoms with E-state index < -0.39 is 11.5 Å². The number of hydrogen-bond donors (Lipinski definition) is 2. The average Bonchev–Trinajstić information content (AvgIpc) is 2.98. The van der Waals surface area contributed by atoms with Crippen molar-refractivity contribution in [3.8, 4) is 0 Å². The van der Waals surface area contributed by atoms with Gasteiger partial charge in [0.1, 0.15) is 5.54 Å². The summed E-state index contributed by atoms with van der Waals surface area (Å²) in [7, 11) is 0. The van der Waals surface area contributed by atoms with Crippen LogP contribution in [0.3, 0.4) is 0 Å². The molecule has 0 saturated heterocycles. The number of unbranched alkanes of at least 4 members (excludes halogenated alkanes) is 2. The van der Waals surface area contributed by atoms with Crippen molar-refractivity contribution >= 4 is 5.97 Å². The van der Waals surface area contributed by atoms with E-state index in [1.807, 2.05) is 6.92 Å². The summed E-state index contributed by atoms with van der Waals surface area (Å²) in [5.74, 6) is 0.0223. The van der Waals surface area contributed by atoms with Crippen LogP contribution in [0.1, 0.15) is 52.4 Å². The topological polar surface area (TPSA) is 49.3 Å². The summed E-state index contributed by atoms with van der Waals surface area (Å²) in [5.41, 5.74) is -0.711. The summed E-state index contributed by atoms with van der Waals surface area (Å²) in [5, 5.41) is 12.4. The minimum Gasteiger partial charge on any atom is -0.480 e. The molecule has 88 valence electrons. The molecule has 3 nitrogen and oxygen atoms in total. The van der Waals surface area contributed by atoms with Crippen LogP contribution in [0, 0.1) is 5.92 Å². The largest absolute Gasteiger partial charge is 0.480 e. The number of carboxylic acid groups (broad SMARTS) is 1. The van der Waals surface area contributed by atoms with Gasteiger partial charge in [-0.3, -0.25) is 4.79 Å². The molecule has 3 heteroatoms. The van der Waals surface area contributed by atoms with Crippen molar-refractivity contribution in [1.82, 2.24) is 5.32 Å². The third kappa shape index (κ3) is 4.20. The fraction of sp³-hybridized carbons (Fsp3) is 0.917. The van der Waals surface area contributed by atoms with Gasteiger partial charge >= 0.3 is 5.97 Å². The van der Waals surface area contributed by atoms with Gasteiger partial charge in [-0.25, -0.2) is 0 Å². The smallest absolute Gasteiger partial charge is 0.323 e. The fourth-order valence-corrected chi connectivity index (χ4v) is 1.69. The van der Waals surface area contributed by atoms with Gasteiger partial charge in [0.15, 0.2) is 0 Å². The Bertz CT molecular complexity index is 214. The lowest BCUT2D eigenvalue weighted by molar-refractivity contribution is -0.144. The normalized spacial score (nSPS) is 19.9. The van der Waals surface area contributed by atoms with Gasteiger partial charge in [0, 0.05) is 0 Å². The van der Waals surface area contributed by atoms with Gasteiger partial charge in [-0.15, -0.1) is 0 Å². The first kappa shape index (κ1) is 12.5. The van der Waals surface area contributed by atoms with Crippen molar-refractivity contribution < 1.29 is 9.90 Å². The summed E-state index contributed by atoms with van der Waals surface area (Å²) >= 11 is 0. The molecule has 15 heavy (non-hydrogen) atoms. The monoisotopic (exact) mass is 213 g/mol. The SMILES string of the molecule is CCCCCC(C)(NCC1CC1)C(=O)O. The molecular formula is C12H23NO2. The highest BCUT2D eigenvalue weighted by atomic mass is 16.4. The van der Waals surface area contributed by atoms with Crippen LogP contribution in [0.2, 0.25) is 0 Å². The van der Waals surface area contributed by atoms with Gasteiger partial charge in [-0.05, 0) is 38.6 Å². The Morgan fingerprint density at radius 3 is 2.60 bits per heavy atom. The van der Waals surface area contributed by atoms with Crippen LogP contribution in [0.25, 0.3) is 0 Å². The predicted octanol–water partition coefficient (Wildman–Crippen LogP) is 2.41. The molecule has 1 saturated carbocycles. The fourth-order valence-electron chi connectivity index (χ4n) is 1.69. The molecule has 0 amide bonds. The van der Waals surface area contributed by atoms with Gasteiger partial charge in [0.05, 0.1) is 0 Å². The second kappa shape index (κ2) is 5.50. The number of hydrogen-bond acceptors (Lipinski definition) is 2. The van der Waals surface area contributed by atoms with E-state index in [1.54, 1.807) is 0 Å². The highest BCUT2D eigenvalue weighted by Gasteiger charge is 2.34. The summed E-state index contributed by atoms with van der Waals surface area (Å²) in [6, 6.07) is 0. The molecule has 1 atom stereocenters. The zero-order valence-corrected chi connectivity index (χ0v) is 9.88. The standard InChI is InChI=1S/C12H23NO2/c1-3-4-5-8-12(2,11(14)15)13-9-10-6-7-10/h10,13H,3-9H2,1-2H3,(H,14,15). The summed E-state index contributed by atoms with van der Waals surface area (Å²) in [6.07, 6.45) is 6.52. The van der Waals surface area contributed by atoms with E-state index in [4.69, 9.17) is 0 Å². The van der Waals surface area contributed by atoms with Crippen LogP contribution >= 0.6 is 0 Å². The maximum absolute atomic E-state index is 11.2. The van der Waals surface area contributed by atoms with E-state index in [0.29, 0.717) is 0 Å². The predicted molar refractivity (Wildman–Crippen MR) is 60.9 cm³/mol. The second-order valence-corrected chi connectivity index (χ2v) is 4.92. The number of nitrogens with one attached hydrogen (secondary N) is 1. The molecule has 0 bridgehead atoms. The zero-order valence-electron chi connectivity index (χ0n) is 9.88. The zero-order chi connectivity index (χ0) is 11.3. The van der Waals surface area contributed by atoms with Crippen LogP contribution in [0.15, 0.2) is 0 Å². The number of rotatable bonds is 8. The molecule has 1 fully saturated rings. The highest BCUT2D eigenvalue weighted by molar-refractivity contribution is 5.78. The molecule has 0 aromatic carbocycles. The van der Waals surface area contributed by atoms with Crippen molar-refractivity contribution in [3.05, 3.63) is 0 Å². The molecule has 0 aliphatic heterocycles. The Hall–Kier alpha value is -0.570. The highest BCUT2D eigenvalue weighted by Crippen LogP contribution is 2.29. The van der Waals surface area contributed by atoms with E-state index in [-0.39, 0.29) is 0 Å². The molecule has 0 aromatic heterocycles. The molecule has 0 heterocycles. The number of carbonyl (C=O) groups is 1. The van der Waals surface area contributed by atoms with Crippen LogP contribution in [0.4, 0.5) is 0 Å². The Morgan fingerprint density at radius 2 is 2.13 bits per heavy atom. The third-order valence-corrected chi connectivity index (χ3v) is 3.23. The Balaban J connectivity index is 2.33. The van der Waals surface area contributed by atoms with E-state index >= 15 is 0 Å². The number of aliphatic carboxylic acids is 1. The third-order valence-electron chi connectivity index (χ3n) is 3.23. The van der Waals surface area contributed by atoms with Gasteiger partial charge in [0.2, 0.25) is 0 Å². The maximum Gasteiger partial charge on any atom is 0.323 e. The average molecular weight is 213 g/mol. The van der Waals surface area contributed by atoms with Gasteiger partial charge in [-0.1, -0.05) is 26.2 Å². The first-order chi connectivity index (χ1) is 7.08. The van der Waals surface area contributed by atoms with Crippen molar-refractivity contribution in [2.75, 3.05) is 6.54 Å². The minimum absolute atomic E-state index is 0.709. The minimum atomic E-state index is -0.711. The first-order valence-electron chi connectivity index (χ1n) is 6.07. The second-order valence-electron chi connectivity index (χ2n) is 4.92. The summed E-state index contributed by atoms with van der Waals surface area (Å²) in [6.45, 7) is 4.82. The molecule has 0 spiro atoms. The van der Waals surface area contributed by atoms with E-state index in [9.17, 15) is 9.90 Å². The molecule has 1 aliphatic rings. The van der Waals surface area contributed by atoms with Crippen LogP contribution < -0.4 is 5.32 Å². The maximum atomic E-state index is 11.2. The van der Waals surface area contributed by atoms with Crippen molar-refractivity contribution in [3.63, 3.8) is 0 Å². The lowest BCUT2D eigenvalue weighted by Crippen LogP contribution is -2.50. The first-order valence-corrected chi connectivity index (χ1v) is 6.07. The van der Waals surface area contributed by atoms with E-state index in [0.717, 1.165) is 38.1 Å². The Kier molecular flexibility index (Phi) is 4.58. The Labute approximate surface area is 92.3 Å². The molecule has 0 aromatic rings. The molecular weight excluding hydrogens is 190 g/mol. The molecule has 1 aliphatic carbocycles. The van der Waals surface area contributed by atoms with Gasteiger partial charge in [0.25, 0.3) is 0 Å². The van der Waals surface area contributed by atoms with Crippen molar-refractivity contribution in [2.24, 2.45) is 5.92 Å². The number of carboxylic acids is 1.